The third kappa shape index (κ3) is 5.37. The van der Waals surface area contributed by atoms with Crippen LogP contribution in [-0.4, -0.2) is 27.6 Å². The number of carbonyl (C=O) groups excluding carboxylic acids is 1. The Bertz CT molecular complexity index is 1380. The van der Waals surface area contributed by atoms with E-state index in [0.29, 0.717) is 23.6 Å². The van der Waals surface area contributed by atoms with Crippen molar-refractivity contribution < 1.29 is 36.0 Å². The number of rotatable bonds is 8. The summed E-state index contributed by atoms with van der Waals surface area (Å²) in [4.78, 5) is 19.8. The van der Waals surface area contributed by atoms with Gasteiger partial charge in [-0.05, 0) is 48.9 Å². The molecule has 0 unspecified atom stereocenters. The summed E-state index contributed by atoms with van der Waals surface area (Å²) in [6.07, 6.45) is -2.82. The van der Waals surface area contributed by atoms with Gasteiger partial charge in [0.15, 0.2) is 0 Å². The average molecular weight is 504 g/mol. The highest BCUT2D eigenvalue weighted by Gasteiger charge is 2.38. The van der Waals surface area contributed by atoms with Crippen molar-refractivity contribution in [2.24, 2.45) is 5.73 Å². The zero-order chi connectivity index (χ0) is 26.1. The van der Waals surface area contributed by atoms with Crippen molar-refractivity contribution in [2.45, 2.75) is 31.9 Å². The number of halogens is 4. The van der Waals surface area contributed by atoms with Crippen LogP contribution in [0.25, 0.3) is 22.8 Å². The first-order valence-corrected chi connectivity index (χ1v) is 10.6. The zero-order valence-electron chi connectivity index (χ0n) is 19.1. The maximum absolute atomic E-state index is 13.2. The molecule has 2 heterocycles. The number of ether oxygens (including phenoxy) is 1. The minimum absolute atomic E-state index is 0.0521. The van der Waals surface area contributed by atoms with Gasteiger partial charge in [-0.3, -0.25) is 4.79 Å². The fourth-order valence-corrected chi connectivity index (χ4v) is 3.30. The first kappa shape index (κ1) is 24.9. The van der Waals surface area contributed by atoms with Gasteiger partial charge in [0, 0.05) is 16.5 Å². The lowest BCUT2D eigenvalue weighted by atomic mass is 9.86. The van der Waals surface area contributed by atoms with Crippen molar-refractivity contribution in [1.82, 2.24) is 15.1 Å². The molecule has 2 N–H and O–H groups in total. The van der Waals surface area contributed by atoms with Gasteiger partial charge in [0.05, 0.1) is 17.9 Å². The molecule has 0 fully saturated rings. The van der Waals surface area contributed by atoms with E-state index in [1.54, 1.807) is 12.1 Å². The van der Waals surface area contributed by atoms with Gasteiger partial charge in [-0.1, -0.05) is 19.0 Å². The maximum atomic E-state index is 13.2. The van der Waals surface area contributed by atoms with Gasteiger partial charge in [0.1, 0.15) is 17.8 Å². The summed E-state index contributed by atoms with van der Waals surface area (Å²) in [6.45, 7) is 4.01. The summed E-state index contributed by atoms with van der Waals surface area (Å²) in [5, 5.41) is 3.31. The number of benzene rings is 2. The molecule has 0 aliphatic rings. The Morgan fingerprint density at radius 3 is 2.39 bits per heavy atom. The zero-order valence-corrected chi connectivity index (χ0v) is 19.1. The summed E-state index contributed by atoms with van der Waals surface area (Å²) >= 11 is 0. The summed E-state index contributed by atoms with van der Waals surface area (Å²) in [5.74, 6) is -2.56. The SMILES string of the molecule is CC(C)(CCOc1ccc(-c2noc(C(F)(F)F)n2)cc1C(N)=O)c1coc(-c2ccc(F)cc2)n1. The highest BCUT2D eigenvalue weighted by molar-refractivity contribution is 5.96. The molecule has 4 aromatic rings. The Hall–Kier alpha value is -4.22. The van der Waals surface area contributed by atoms with Crippen LogP contribution in [0.3, 0.4) is 0 Å². The second-order valence-corrected chi connectivity index (χ2v) is 8.52. The molecule has 0 spiro atoms. The molecule has 2 aromatic heterocycles. The molecule has 0 bridgehead atoms. The van der Waals surface area contributed by atoms with Gasteiger partial charge >= 0.3 is 12.1 Å². The predicted molar refractivity (Wildman–Crippen MR) is 118 cm³/mol. The van der Waals surface area contributed by atoms with E-state index in [4.69, 9.17) is 14.9 Å². The summed E-state index contributed by atoms with van der Waals surface area (Å²) in [6, 6.07) is 9.78. The number of nitrogens with two attached hydrogens (primary N) is 1. The second kappa shape index (κ2) is 9.44. The van der Waals surface area contributed by atoms with E-state index in [0.717, 1.165) is 0 Å². The van der Waals surface area contributed by atoms with E-state index in [1.165, 1.54) is 36.6 Å². The van der Waals surface area contributed by atoms with Crippen molar-refractivity contribution in [3.8, 4) is 28.6 Å². The van der Waals surface area contributed by atoms with Crippen molar-refractivity contribution in [1.29, 1.82) is 0 Å². The summed E-state index contributed by atoms with van der Waals surface area (Å²) in [5.41, 5.74) is 6.28. The van der Waals surface area contributed by atoms with E-state index in [2.05, 4.69) is 19.6 Å². The van der Waals surface area contributed by atoms with E-state index in [9.17, 15) is 22.4 Å². The number of aromatic nitrogens is 3. The number of alkyl halides is 3. The van der Waals surface area contributed by atoms with Crippen LogP contribution in [0.15, 0.2) is 57.7 Å². The molecule has 0 aliphatic heterocycles. The third-order valence-corrected chi connectivity index (χ3v) is 5.45. The van der Waals surface area contributed by atoms with E-state index < -0.39 is 23.4 Å². The Morgan fingerprint density at radius 1 is 1.06 bits per heavy atom. The molecule has 0 radical (unpaired) electrons. The fourth-order valence-electron chi connectivity index (χ4n) is 3.30. The van der Waals surface area contributed by atoms with Crippen LogP contribution < -0.4 is 10.5 Å². The number of hydrogen-bond donors (Lipinski definition) is 1. The van der Waals surface area contributed by atoms with Crippen LogP contribution >= 0.6 is 0 Å². The highest BCUT2D eigenvalue weighted by Crippen LogP contribution is 2.32. The minimum atomic E-state index is -4.79. The molecule has 12 heteroatoms. The van der Waals surface area contributed by atoms with Gasteiger partial charge in [0.25, 0.3) is 5.91 Å². The van der Waals surface area contributed by atoms with Crippen molar-refractivity contribution in [3.63, 3.8) is 0 Å². The molecule has 8 nitrogen and oxygen atoms in total. The third-order valence-electron chi connectivity index (χ3n) is 5.45. The molecular weight excluding hydrogens is 484 g/mol. The number of amides is 1. The lowest BCUT2D eigenvalue weighted by Gasteiger charge is -2.22. The first-order chi connectivity index (χ1) is 16.9. The lowest BCUT2D eigenvalue weighted by molar-refractivity contribution is -0.159. The summed E-state index contributed by atoms with van der Waals surface area (Å²) < 4.78 is 66.9. The monoisotopic (exact) mass is 504 g/mol. The molecule has 188 valence electrons. The number of carbonyl (C=O) groups is 1. The normalized spacial score (nSPS) is 12.1. The molecule has 2 aromatic carbocycles. The molecule has 4 rings (SSSR count). The second-order valence-electron chi connectivity index (χ2n) is 8.52. The van der Waals surface area contributed by atoms with Crippen LogP contribution in [-0.2, 0) is 11.6 Å². The Morgan fingerprint density at radius 2 is 1.75 bits per heavy atom. The average Bonchev–Trinajstić information content (AvgIpc) is 3.50. The molecule has 36 heavy (non-hydrogen) atoms. The van der Waals surface area contributed by atoms with E-state index >= 15 is 0 Å². The van der Waals surface area contributed by atoms with Crippen LogP contribution in [0.4, 0.5) is 17.6 Å². The fraction of sp³-hybridized carbons (Fsp3) is 0.250. The van der Waals surface area contributed by atoms with E-state index in [1.807, 2.05) is 13.8 Å². The van der Waals surface area contributed by atoms with Crippen LogP contribution in [0.2, 0.25) is 0 Å². The Labute approximate surface area is 202 Å². The first-order valence-electron chi connectivity index (χ1n) is 10.6. The quantitative estimate of drug-likeness (QED) is 0.320. The molecule has 0 atom stereocenters. The molecule has 0 saturated carbocycles. The van der Waals surface area contributed by atoms with Crippen LogP contribution in [0.1, 0.15) is 42.2 Å². The Balaban J connectivity index is 1.45. The van der Waals surface area contributed by atoms with Crippen molar-refractivity contribution in [2.75, 3.05) is 6.61 Å². The van der Waals surface area contributed by atoms with Gasteiger partial charge < -0.3 is 19.4 Å². The molecule has 0 saturated heterocycles. The van der Waals surface area contributed by atoms with Crippen molar-refractivity contribution >= 4 is 5.91 Å². The number of oxazole rings is 1. The van der Waals surface area contributed by atoms with Crippen LogP contribution in [0.5, 0.6) is 5.75 Å². The van der Waals surface area contributed by atoms with Gasteiger partial charge in [-0.15, -0.1) is 0 Å². The minimum Gasteiger partial charge on any atom is -0.493 e. The summed E-state index contributed by atoms with van der Waals surface area (Å²) in [7, 11) is 0. The maximum Gasteiger partial charge on any atom is 0.471 e. The predicted octanol–water partition coefficient (Wildman–Crippen LogP) is 5.40. The van der Waals surface area contributed by atoms with Gasteiger partial charge in [0.2, 0.25) is 11.7 Å². The Kier molecular flexibility index (Phi) is 6.53. The number of nitrogens with zero attached hydrogens (tertiary/aromatic N) is 3. The standard InChI is InChI=1S/C24H20F4N4O4/c1-23(2,18-12-35-21(30-18)13-3-6-15(25)7-4-13)9-10-34-17-8-5-14(11-16(17)19(29)33)20-31-22(36-32-20)24(26,27)28/h3-8,11-12H,9-10H2,1-2H3,(H2,29,33). The molecule has 0 aliphatic carbocycles. The highest BCUT2D eigenvalue weighted by atomic mass is 19.4. The topological polar surface area (TPSA) is 117 Å². The largest absolute Gasteiger partial charge is 0.493 e. The van der Waals surface area contributed by atoms with E-state index in [-0.39, 0.29) is 35.1 Å². The van der Waals surface area contributed by atoms with Crippen molar-refractivity contribution in [3.05, 3.63) is 71.7 Å². The molecule has 1 amide bonds. The number of hydrogen-bond acceptors (Lipinski definition) is 7. The number of primary amides is 1. The van der Waals surface area contributed by atoms with Gasteiger partial charge in [-0.25, -0.2) is 9.37 Å². The molecular formula is C24H20F4N4O4. The van der Waals surface area contributed by atoms with Gasteiger partial charge in [-0.2, -0.15) is 18.2 Å². The smallest absolute Gasteiger partial charge is 0.471 e. The van der Waals surface area contributed by atoms with Crippen LogP contribution in [0, 0.1) is 5.82 Å². The lowest BCUT2D eigenvalue weighted by Crippen LogP contribution is -2.22.